The van der Waals surface area contributed by atoms with Gasteiger partial charge in [-0.05, 0) is 24.0 Å². The fraction of sp³-hybridized carbons (Fsp3) is 0.222. The first-order valence-electron chi connectivity index (χ1n) is 8.16. The summed E-state index contributed by atoms with van der Waals surface area (Å²) in [6.07, 6.45) is -0.263. The number of aldehydes is 1. The van der Waals surface area contributed by atoms with Crippen molar-refractivity contribution < 1.29 is 12.4 Å². The standard InChI is InChI=1S/C18H20N2O2/c19-17(12-15-9-5-2-6-10-15)18(22)20-16(13-21)11-14-7-3-1-4-8-14/h1-10,13,16-17H,11-12,19H2,(H,20,22)/t16-,17-/m0/s1/i13D/hD. The van der Waals surface area contributed by atoms with E-state index in [1.54, 1.807) is 0 Å². The van der Waals surface area contributed by atoms with Crippen LogP contribution in [0.4, 0.5) is 0 Å². The number of amides is 1. The van der Waals surface area contributed by atoms with E-state index in [0.717, 1.165) is 11.1 Å². The average molecular weight is 298 g/mol. The number of hydrogen-bond acceptors (Lipinski definition) is 3. The van der Waals surface area contributed by atoms with Gasteiger partial charge in [0.15, 0.2) is 0 Å². The van der Waals surface area contributed by atoms with Crippen LogP contribution in [-0.4, -0.2) is 24.3 Å². The maximum atomic E-state index is 12.4. The summed E-state index contributed by atoms with van der Waals surface area (Å²) in [7, 11) is 0. The van der Waals surface area contributed by atoms with E-state index >= 15 is 0 Å². The van der Waals surface area contributed by atoms with Crippen LogP contribution in [0.2, 0.25) is 1.41 Å². The van der Waals surface area contributed by atoms with Gasteiger partial charge in [-0.3, -0.25) is 4.79 Å². The van der Waals surface area contributed by atoms with Crippen molar-refractivity contribution in [3.8, 4) is 0 Å². The molecule has 22 heavy (non-hydrogen) atoms. The Kier molecular flexibility index (Phi) is 4.87. The van der Waals surface area contributed by atoms with Gasteiger partial charge in [0.2, 0.25) is 5.91 Å². The summed E-state index contributed by atoms with van der Waals surface area (Å²) in [5.41, 5.74) is 4.00. The largest absolute Gasteiger partial charge is 0.345 e. The summed E-state index contributed by atoms with van der Waals surface area (Å²) in [5, 5.41) is 2.58. The third-order valence-corrected chi connectivity index (χ3v) is 3.34. The van der Waals surface area contributed by atoms with E-state index in [2.05, 4.69) is 11.0 Å². The van der Waals surface area contributed by atoms with E-state index < -0.39 is 24.3 Å². The molecule has 0 aromatic heterocycles. The summed E-state index contributed by atoms with van der Waals surface area (Å²) in [6.45, 7) is 0. The summed E-state index contributed by atoms with van der Waals surface area (Å²) < 4.78 is 14.7. The van der Waals surface area contributed by atoms with Gasteiger partial charge < -0.3 is 15.8 Å². The lowest BCUT2D eigenvalue weighted by atomic mass is 10.0. The molecule has 1 amide bonds. The molecule has 0 spiro atoms. The molecular formula is C18H20N2O2. The second kappa shape index (κ2) is 8.10. The first kappa shape index (κ1) is 13.2. The Morgan fingerprint density at radius 3 is 2.14 bits per heavy atom. The van der Waals surface area contributed by atoms with Crippen molar-refractivity contribution in [3.05, 3.63) is 71.8 Å². The van der Waals surface area contributed by atoms with Crippen molar-refractivity contribution in [2.45, 2.75) is 24.9 Å². The maximum Gasteiger partial charge on any atom is 0.237 e. The number of carbonyl (C=O) groups excluding carboxylic acids is 2. The van der Waals surface area contributed by atoms with Crippen LogP contribution in [0.1, 0.15) is 12.5 Å². The lowest BCUT2D eigenvalue weighted by molar-refractivity contribution is -0.125. The highest BCUT2D eigenvalue weighted by atomic mass is 16.2. The first-order chi connectivity index (χ1) is 11.6. The van der Waals surface area contributed by atoms with E-state index in [1.807, 2.05) is 60.7 Å². The molecule has 2 aromatic carbocycles. The molecule has 0 heterocycles. The van der Waals surface area contributed by atoms with E-state index in [0.29, 0.717) is 6.42 Å². The number of rotatable bonds is 8. The molecule has 0 fully saturated rings. The Balaban J connectivity index is 2.01. The zero-order valence-electron chi connectivity index (χ0n) is 14.2. The van der Waals surface area contributed by atoms with Crippen LogP contribution in [0.25, 0.3) is 0 Å². The van der Waals surface area contributed by atoms with Crippen LogP contribution in [0.5, 0.6) is 0 Å². The second-order valence-corrected chi connectivity index (χ2v) is 5.11. The number of nitrogens with one attached hydrogen (secondary N) is 1. The number of carbonyl (C=O) groups is 2. The lowest BCUT2D eigenvalue weighted by Gasteiger charge is -2.17. The molecule has 4 nitrogen and oxygen atoms in total. The van der Waals surface area contributed by atoms with E-state index in [9.17, 15) is 9.59 Å². The van der Waals surface area contributed by atoms with Crippen LogP contribution in [0, 0.1) is 0 Å². The van der Waals surface area contributed by atoms with Gasteiger partial charge in [-0.1, -0.05) is 60.7 Å². The quantitative estimate of drug-likeness (QED) is 0.725. The molecule has 2 aromatic rings. The average Bonchev–Trinajstić information content (AvgIpc) is 2.60. The van der Waals surface area contributed by atoms with E-state index in [1.165, 1.54) is 0 Å². The summed E-state index contributed by atoms with van der Waals surface area (Å²) in [6, 6.07) is 16.8. The Morgan fingerprint density at radius 2 is 1.64 bits per heavy atom. The van der Waals surface area contributed by atoms with Crippen LogP contribution in [0.3, 0.4) is 0 Å². The predicted octanol–water partition coefficient (Wildman–Crippen LogP) is 1.48. The Morgan fingerprint density at radius 1 is 1.09 bits per heavy atom. The lowest BCUT2D eigenvalue weighted by Crippen LogP contribution is -2.47. The molecule has 0 radical (unpaired) electrons. The third kappa shape index (κ3) is 4.82. The Bertz CT molecular complexity index is 665. The molecule has 114 valence electrons. The molecular weight excluding hydrogens is 276 g/mol. The molecule has 0 saturated heterocycles. The molecule has 2 atom stereocenters. The van der Waals surface area contributed by atoms with Crippen LogP contribution >= 0.6 is 0 Å². The zero-order chi connectivity index (χ0) is 17.4. The van der Waals surface area contributed by atoms with Gasteiger partial charge in [-0.25, -0.2) is 0 Å². The Labute approximate surface area is 133 Å². The fourth-order valence-corrected chi connectivity index (χ4v) is 2.19. The van der Waals surface area contributed by atoms with Gasteiger partial charge in [-0.15, -0.1) is 0 Å². The number of benzene rings is 2. The predicted molar refractivity (Wildman–Crippen MR) is 86.3 cm³/mol. The second-order valence-electron chi connectivity index (χ2n) is 5.11. The first-order valence-corrected chi connectivity index (χ1v) is 7.16. The van der Waals surface area contributed by atoms with Crippen LogP contribution in [0.15, 0.2) is 60.7 Å². The summed E-state index contributed by atoms with van der Waals surface area (Å²) in [5.74, 6) is -0.463. The minimum absolute atomic E-state index is 0.255. The molecule has 2 rings (SSSR count). The topological polar surface area (TPSA) is 72.2 Å². The van der Waals surface area contributed by atoms with Crippen molar-refractivity contribution in [1.29, 1.82) is 0 Å². The molecule has 0 aliphatic rings. The van der Waals surface area contributed by atoms with Gasteiger partial charge in [-0.2, -0.15) is 0 Å². The van der Waals surface area contributed by atoms with Crippen LogP contribution < -0.4 is 11.0 Å². The number of nitrogens with two attached hydrogens (primary N) is 1. The number of hydrogen-bond donors (Lipinski definition) is 2. The third-order valence-electron chi connectivity index (χ3n) is 3.34. The van der Waals surface area contributed by atoms with Gasteiger partial charge in [0.25, 0.3) is 0 Å². The molecule has 0 aliphatic carbocycles. The molecule has 0 bridgehead atoms. The molecule has 3 N–H and O–H groups in total. The summed E-state index contributed by atoms with van der Waals surface area (Å²) in [4.78, 5) is 23.9. The summed E-state index contributed by atoms with van der Waals surface area (Å²) >= 11 is 0. The molecule has 0 unspecified atom stereocenters. The van der Waals surface area contributed by atoms with Gasteiger partial charge in [0, 0.05) is 0 Å². The van der Waals surface area contributed by atoms with Crippen molar-refractivity contribution in [1.82, 2.24) is 5.32 Å². The molecule has 0 saturated carbocycles. The SMILES string of the molecule is [2H]N[C@@H](Cc1ccccc1)C(=O)N[C@@H](Cc1ccccc1)C([2H])=O. The fourth-order valence-electron chi connectivity index (χ4n) is 2.19. The highest BCUT2D eigenvalue weighted by Crippen LogP contribution is 2.04. The Hall–Kier alpha value is -2.46. The molecule has 4 heteroatoms. The monoisotopic (exact) mass is 298 g/mol. The highest BCUT2D eigenvalue weighted by Gasteiger charge is 2.18. The zero-order valence-corrected chi connectivity index (χ0v) is 12.2. The van der Waals surface area contributed by atoms with Crippen molar-refractivity contribution >= 4 is 12.2 Å². The smallest absolute Gasteiger partial charge is 0.237 e. The van der Waals surface area contributed by atoms with E-state index in [-0.39, 0.29) is 6.42 Å². The van der Waals surface area contributed by atoms with Gasteiger partial charge >= 0.3 is 0 Å². The maximum absolute atomic E-state index is 12.4. The minimum atomic E-state index is -0.925. The van der Waals surface area contributed by atoms with Gasteiger partial charge in [0.05, 0.1) is 12.1 Å². The van der Waals surface area contributed by atoms with Gasteiger partial charge in [0.1, 0.15) is 9.04 Å². The highest BCUT2D eigenvalue weighted by molar-refractivity contribution is 5.84. The van der Waals surface area contributed by atoms with Crippen molar-refractivity contribution in [2.75, 3.05) is 0 Å². The normalized spacial score (nSPS) is 14.4. The van der Waals surface area contributed by atoms with Crippen molar-refractivity contribution in [3.63, 3.8) is 0 Å². The molecule has 0 aliphatic heterocycles. The van der Waals surface area contributed by atoms with Crippen LogP contribution in [-0.2, 0) is 22.4 Å². The minimum Gasteiger partial charge on any atom is -0.345 e. The van der Waals surface area contributed by atoms with E-state index in [4.69, 9.17) is 2.78 Å². The van der Waals surface area contributed by atoms with Crippen molar-refractivity contribution in [2.24, 2.45) is 5.73 Å².